The van der Waals surface area contributed by atoms with Crippen molar-refractivity contribution in [3.63, 3.8) is 0 Å². The van der Waals surface area contributed by atoms with Gasteiger partial charge in [0.15, 0.2) is 0 Å². The summed E-state index contributed by atoms with van der Waals surface area (Å²) in [6.45, 7) is 7.77. The number of ether oxygens (including phenoxy) is 1. The maximum absolute atomic E-state index is 11.7. The Morgan fingerprint density at radius 2 is 2.05 bits per heavy atom. The fraction of sp³-hybridized carbons (Fsp3) is 0.800. The summed E-state index contributed by atoms with van der Waals surface area (Å²) in [5, 5.41) is 21.5. The van der Waals surface area contributed by atoms with Gasteiger partial charge in [-0.3, -0.25) is 0 Å². The number of esters is 1. The highest BCUT2D eigenvalue weighted by atomic mass is 16.6. The number of aliphatic hydroxyl groups is 2. The van der Waals surface area contributed by atoms with Crippen molar-refractivity contribution in [3.8, 4) is 0 Å². The van der Waals surface area contributed by atoms with Gasteiger partial charge in [0.25, 0.3) is 0 Å². The first-order chi connectivity index (χ1) is 8.79. The molecule has 0 aromatic carbocycles. The van der Waals surface area contributed by atoms with Crippen LogP contribution >= 0.6 is 0 Å². The first-order valence-electron chi connectivity index (χ1n) is 7.10. The molecule has 2 aliphatic carbocycles. The molecule has 6 atom stereocenters. The monoisotopic (exact) mass is 266 g/mol. The predicted molar refractivity (Wildman–Crippen MR) is 69.2 cm³/mol. The van der Waals surface area contributed by atoms with Crippen LogP contribution in [-0.4, -0.2) is 34.0 Å². The Morgan fingerprint density at radius 3 is 2.74 bits per heavy atom. The van der Waals surface area contributed by atoms with Crippen LogP contribution in [0.5, 0.6) is 0 Å². The summed E-state index contributed by atoms with van der Waals surface area (Å²) in [6, 6.07) is 0. The maximum atomic E-state index is 11.7. The van der Waals surface area contributed by atoms with Gasteiger partial charge in [0.1, 0.15) is 6.10 Å². The van der Waals surface area contributed by atoms with Gasteiger partial charge in [-0.25, -0.2) is 4.79 Å². The molecule has 0 aromatic heterocycles. The number of aliphatic hydroxyl groups excluding tert-OH is 1. The Kier molecular flexibility index (Phi) is 2.64. The Balaban J connectivity index is 2.01. The van der Waals surface area contributed by atoms with Crippen LogP contribution in [0.1, 0.15) is 39.5 Å². The van der Waals surface area contributed by atoms with Crippen molar-refractivity contribution in [3.05, 3.63) is 12.2 Å². The summed E-state index contributed by atoms with van der Waals surface area (Å²) < 4.78 is 5.36. The highest BCUT2D eigenvalue weighted by molar-refractivity contribution is 5.90. The van der Waals surface area contributed by atoms with Crippen LogP contribution in [0.25, 0.3) is 0 Å². The Hall–Kier alpha value is -0.870. The Labute approximate surface area is 113 Å². The summed E-state index contributed by atoms with van der Waals surface area (Å²) in [7, 11) is 0. The van der Waals surface area contributed by atoms with Crippen molar-refractivity contribution in [1.29, 1.82) is 0 Å². The third-order valence-corrected chi connectivity index (χ3v) is 5.99. The molecule has 1 saturated heterocycles. The van der Waals surface area contributed by atoms with E-state index in [2.05, 4.69) is 6.58 Å². The molecule has 0 aromatic rings. The number of hydrogen-bond donors (Lipinski definition) is 2. The molecule has 0 spiro atoms. The van der Waals surface area contributed by atoms with Crippen LogP contribution in [0.2, 0.25) is 0 Å². The number of rotatable bonds is 0. The predicted octanol–water partition coefficient (Wildman–Crippen LogP) is 1.41. The molecule has 1 aliphatic heterocycles. The third-order valence-electron chi connectivity index (χ3n) is 5.99. The summed E-state index contributed by atoms with van der Waals surface area (Å²) in [4.78, 5) is 11.7. The lowest BCUT2D eigenvalue weighted by Crippen LogP contribution is -2.65. The van der Waals surface area contributed by atoms with Gasteiger partial charge < -0.3 is 14.9 Å². The molecule has 2 saturated carbocycles. The van der Waals surface area contributed by atoms with E-state index in [0.717, 1.165) is 6.42 Å². The van der Waals surface area contributed by atoms with Crippen molar-refractivity contribution in [1.82, 2.24) is 0 Å². The molecule has 2 N–H and O–H groups in total. The second-order valence-electron chi connectivity index (χ2n) is 6.82. The highest BCUT2D eigenvalue weighted by Crippen LogP contribution is 2.59. The molecule has 3 aliphatic rings. The molecule has 3 fully saturated rings. The Morgan fingerprint density at radius 1 is 1.37 bits per heavy atom. The van der Waals surface area contributed by atoms with E-state index in [4.69, 9.17) is 4.74 Å². The minimum absolute atomic E-state index is 0.0988. The van der Waals surface area contributed by atoms with Gasteiger partial charge in [0, 0.05) is 16.9 Å². The van der Waals surface area contributed by atoms with Gasteiger partial charge in [-0.1, -0.05) is 20.4 Å². The summed E-state index contributed by atoms with van der Waals surface area (Å²) in [5.41, 5.74) is -1.06. The quantitative estimate of drug-likeness (QED) is 0.514. The molecule has 0 bridgehead atoms. The molecule has 0 amide bonds. The van der Waals surface area contributed by atoms with Gasteiger partial charge in [-0.05, 0) is 31.6 Å². The van der Waals surface area contributed by atoms with Crippen molar-refractivity contribution in [2.45, 2.75) is 57.3 Å². The van der Waals surface area contributed by atoms with E-state index in [1.807, 2.05) is 13.8 Å². The zero-order valence-corrected chi connectivity index (χ0v) is 11.6. The molecule has 3 rings (SSSR count). The number of fused-ring (bicyclic) bond motifs is 2. The fourth-order valence-electron chi connectivity index (χ4n) is 4.43. The molecule has 0 radical (unpaired) electrons. The molecule has 106 valence electrons. The van der Waals surface area contributed by atoms with Gasteiger partial charge in [-0.15, -0.1) is 0 Å². The molecule has 4 nitrogen and oxygen atoms in total. The van der Waals surface area contributed by atoms with E-state index >= 15 is 0 Å². The van der Waals surface area contributed by atoms with Crippen LogP contribution < -0.4 is 0 Å². The molecule has 19 heavy (non-hydrogen) atoms. The minimum Gasteiger partial charge on any atom is -0.458 e. The second kappa shape index (κ2) is 3.83. The number of carbonyl (C=O) groups is 1. The standard InChI is InChI=1S/C15H22O4/c1-8-4-5-12(16)14(3)7-11-10(6-15(8,14)18)9(2)13(17)19-11/h8,10-12,16,18H,2,4-7H2,1,3H3. The molecule has 6 unspecified atom stereocenters. The van der Waals surface area contributed by atoms with Gasteiger partial charge >= 0.3 is 5.97 Å². The van der Waals surface area contributed by atoms with E-state index < -0.39 is 17.1 Å². The fourth-order valence-corrected chi connectivity index (χ4v) is 4.43. The van der Waals surface area contributed by atoms with Crippen LogP contribution in [0.15, 0.2) is 12.2 Å². The van der Waals surface area contributed by atoms with Crippen LogP contribution in [0.4, 0.5) is 0 Å². The van der Waals surface area contributed by atoms with Crippen molar-refractivity contribution < 1.29 is 19.7 Å². The van der Waals surface area contributed by atoms with E-state index in [-0.39, 0.29) is 23.9 Å². The zero-order chi connectivity index (χ0) is 14.0. The van der Waals surface area contributed by atoms with Crippen LogP contribution in [-0.2, 0) is 9.53 Å². The molecule has 1 heterocycles. The van der Waals surface area contributed by atoms with E-state index in [1.165, 1.54) is 0 Å². The summed E-state index contributed by atoms with van der Waals surface area (Å²) in [6.07, 6.45) is 1.73. The van der Waals surface area contributed by atoms with Crippen molar-refractivity contribution >= 4 is 5.97 Å². The highest BCUT2D eigenvalue weighted by Gasteiger charge is 2.64. The van der Waals surface area contributed by atoms with Crippen LogP contribution in [0.3, 0.4) is 0 Å². The lowest BCUT2D eigenvalue weighted by molar-refractivity contribution is -0.232. The normalized spacial score (nSPS) is 53.5. The minimum atomic E-state index is -0.942. The largest absolute Gasteiger partial charge is 0.458 e. The van der Waals surface area contributed by atoms with E-state index in [1.54, 1.807) is 0 Å². The molecular formula is C15H22O4. The van der Waals surface area contributed by atoms with Crippen molar-refractivity contribution in [2.24, 2.45) is 17.3 Å². The number of carbonyl (C=O) groups excluding carboxylic acids is 1. The third kappa shape index (κ3) is 1.50. The maximum Gasteiger partial charge on any atom is 0.334 e. The first-order valence-corrected chi connectivity index (χ1v) is 7.10. The lowest BCUT2D eigenvalue weighted by Gasteiger charge is -2.59. The second-order valence-corrected chi connectivity index (χ2v) is 6.82. The van der Waals surface area contributed by atoms with E-state index in [9.17, 15) is 15.0 Å². The van der Waals surface area contributed by atoms with Gasteiger partial charge in [0.05, 0.1) is 11.7 Å². The first kappa shape index (κ1) is 13.1. The topological polar surface area (TPSA) is 66.8 Å². The number of hydrogen-bond acceptors (Lipinski definition) is 4. The van der Waals surface area contributed by atoms with Crippen LogP contribution in [0, 0.1) is 17.3 Å². The van der Waals surface area contributed by atoms with E-state index in [0.29, 0.717) is 24.8 Å². The van der Waals surface area contributed by atoms with Gasteiger partial charge in [-0.2, -0.15) is 0 Å². The summed E-state index contributed by atoms with van der Waals surface area (Å²) >= 11 is 0. The zero-order valence-electron chi connectivity index (χ0n) is 11.6. The lowest BCUT2D eigenvalue weighted by atomic mass is 9.50. The average Bonchev–Trinajstić information content (AvgIpc) is 2.61. The SMILES string of the molecule is C=C1C(=O)OC2CC3(C)C(O)CCC(C)C3(O)CC12. The summed E-state index contributed by atoms with van der Waals surface area (Å²) in [5.74, 6) is -0.327. The average molecular weight is 266 g/mol. The Bertz CT molecular complexity index is 445. The van der Waals surface area contributed by atoms with Crippen molar-refractivity contribution in [2.75, 3.05) is 0 Å². The molecule has 4 heteroatoms. The molecular weight excluding hydrogens is 244 g/mol. The smallest absolute Gasteiger partial charge is 0.334 e. The van der Waals surface area contributed by atoms with Gasteiger partial charge in [0.2, 0.25) is 0 Å².